The number of carbonyl (C=O) groups is 1. The molecule has 1 aromatic heterocycles. The zero-order chi connectivity index (χ0) is 20.9. The molecule has 2 aromatic carbocycles. The molecule has 1 atom stereocenters. The molecule has 158 valence electrons. The van der Waals surface area contributed by atoms with Crippen LogP contribution in [0.3, 0.4) is 0 Å². The van der Waals surface area contributed by atoms with Gasteiger partial charge in [-0.2, -0.15) is 0 Å². The van der Waals surface area contributed by atoms with E-state index < -0.39 is 0 Å². The van der Waals surface area contributed by atoms with Crippen molar-refractivity contribution in [3.8, 4) is 5.75 Å². The molecule has 3 aromatic rings. The number of nitrogens with one attached hydrogen (secondary N) is 1. The maximum absolute atomic E-state index is 13.4. The molecule has 0 radical (unpaired) electrons. The fourth-order valence-corrected chi connectivity index (χ4v) is 3.81. The number of amides is 1. The Labute approximate surface area is 174 Å². The van der Waals surface area contributed by atoms with Crippen LogP contribution in [0.5, 0.6) is 5.75 Å². The third kappa shape index (κ3) is 4.63. The fourth-order valence-electron chi connectivity index (χ4n) is 3.81. The third-order valence-electron chi connectivity index (χ3n) is 5.45. The molecule has 30 heavy (non-hydrogen) atoms. The summed E-state index contributed by atoms with van der Waals surface area (Å²) in [4.78, 5) is 14.9. The summed E-state index contributed by atoms with van der Waals surface area (Å²) >= 11 is 0. The summed E-state index contributed by atoms with van der Waals surface area (Å²) in [5, 5.41) is 3.93. The van der Waals surface area contributed by atoms with Crippen LogP contribution in [0.2, 0.25) is 0 Å². The van der Waals surface area contributed by atoms with Gasteiger partial charge in [0.2, 0.25) is 5.91 Å². The number of methoxy groups -OCH3 is 1. The van der Waals surface area contributed by atoms with Crippen LogP contribution in [-0.2, 0) is 16.0 Å². The largest absolute Gasteiger partial charge is 0.497 e. The number of hydrogen-bond acceptors (Lipinski definition) is 5. The zero-order valence-corrected chi connectivity index (χ0v) is 16.9. The fraction of sp³-hybridized carbons (Fsp3) is 0.348. The molecule has 0 spiro atoms. The standard InChI is InChI=1S/C23H25FN2O4/c1-28-19-6-7-20-17(15-30-22(20)13-19)12-23(27)25-14-21(26-8-10-29-11-9-26)16-2-4-18(24)5-3-16/h2-7,13,15,21H,8-12,14H2,1H3,(H,25,27)/t21-/m1/s1. The molecular formula is C23H25FN2O4. The predicted molar refractivity (Wildman–Crippen MR) is 111 cm³/mol. The van der Waals surface area contributed by atoms with E-state index in [2.05, 4.69) is 10.2 Å². The number of rotatable bonds is 7. The quantitative estimate of drug-likeness (QED) is 0.645. The highest BCUT2D eigenvalue weighted by Gasteiger charge is 2.23. The normalized spacial score (nSPS) is 15.8. The van der Waals surface area contributed by atoms with Crippen molar-refractivity contribution in [3.05, 3.63) is 65.7 Å². The minimum Gasteiger partial charge on any atom is -0.497 e. The first-order valence-corrected chi connectivity index (χ1v) is 10.0. The average molecular weight is 412 g/mol. The molecule has 7 heteroatoms. The maximum Gasteiger partial charge on any atom is 0.224 e. The summed E-state index contributed by atoms with van der Waals surface area (Å²) < 4.78 is 29.6. The molecule has 0 unspecified atom stereocenters. The Hall–Kier alpha value is -2.90. The molecule has 0 bridgehead atoms. The van der Waals surface area contributed by atoms with E-state index in [1.807, 2.05) is 12.1 Å². The number of halogens is 1. The SMILES string of the molecule is COc1ccc2c(CC(=O)NC[C@H](c3ccc(F)cc3)N3CCOCC3)coc2c1. The van der Waals surface area contributed by atoms with Crippen molar-refractivity contribution in [1.29, 1.82) is 0 Å². The first-order chi connectivity index (χ1) is 14.6. The van der Waals surface area contributed by atoms with Crippen molar-refractivity contribution in [2.45, 2.75) is 12.5 Å². The van der Waals surface area contributed by atoms with E-state index in [1.165, 1.54) is 12.1 Å². The molecule has 6 nitrogen and oxygen atoms in total. The van der Waals surface area contributed by atoms with Crippen LogP contribution in [0.25, 0.3) is 11.0 Å². The summed E-state index contributed by atoms with van der Waals surface area (Å²) in [6, 6.07) is 12.0. The molecule has 2 heterocycles. The molecule has 1 N–H and O–H groups in total. The van der Waals surface area contributed by atoms with E-state index in [0.29, 0.717) is 31.1 Å². The van der Waals surface area contributed by atoms with E-state index in [4.69, 9.17) is 13.9 Å². The lowest BCUT2D eigenvalue weighted by Gasteiger charge is -2.35. The zero-order valence-electron chi connectivity index (χ0n) is 16.9. The van der Waals surface area contributed by atoms with Gasteiger partial charge in [0.05, 0.1) is 39.0 Å². The molecule has 0 aliphatic carbocycles. The molecule has 1 aliphatic heterocycles. The van der Waals surface area contributed by atoms with Crippen LogP contribution in [0.15, 0.2) is 53.1 Å². The highest BCUT2D eigenvalue weighted by atomic mass is 19.1. The minimum absolute atomic E-state index is 0.0381. The number of furan rings is 1. The first-order valence-electron chi connectivity index (χ1n) is 10.0. The summed E-state index contributed by atoms with van der Waals surface area (Å²) in [5.41, 5.74) is 2.49. The van der Waals surface area contributed by atoms with E-state index in [9.17, 15) is 9.18 Å². The van der Waals surface area contributed by atoms with E-state index in [1.54, 1.807) is 31.6 Å². The number of benzene rings is 2. The van der Waals surface area contributed by atoms with Crippen molar-refractivity contribution in [2.24, 2.45) is 0 Å². The van der Waals surface area contributed by atoms with Crippen LogP contribution in [0, 0.1) is 5.82 Å². The van der Waals surface area contributed by atoms with Gasteiger partial charge in [-0.15, -0.1) is 0 Å². The molecule has 0 saturated carbocycles. The molecule has 4 rings (SSSR count). The summed E-state index contributed by atoms with van der Waals surface area (Å²) in [6.45, 7) is 3.28. The lowest BCUT2D eigenvalue weighted by molar-refractivity contribution is -0.120. The molecule has 1 saturated heterocycles. The Morgan fingerprint density at radius 3 is 2.70 bits per heavy atom. The van der Waals surface area contributed by atoms with Gasteiger partial charge in [0.15, 0.2) is 0 Å². The van der Waals surface area contributed by atoms with Gasteiger partial charge < -0.3 is 19.2 Å². The van der Waals surface area contributed by atoms with Gasteiger partial charge in [0.1, 0.15) is 17.1 Å². The predicted octanol–water partition coefficient (Wildman–Crippen LogP) is 3.31. The van der Waals surface area contributed by atoms with Crippen molar-refractivity contribution in [2.75, 3.05) is 40.0 Å². The lowest BCUT2D eigenvalue weighted by Crippen LogP contribution is -2.44. The maximum atomic E-state index is 13.4. The summed E-state index contributed by atoms with van der Waals surface area (Å²) in [7, 11) is 1.60. The van der Waals surface area contributed by atoms with Crippen LogP contribution < -0.4 is 10.1 Å². The van der Waals surface area contributed by atoms with Gasteiger partial charge in [0, 0.05) is 36.7 Å². The lowest BCUT2D eigenvalue weighted by atomic mass is 10.0. The smallest absolute Gasteiger partial charge is 0.224 e. The van der Waals surface area contributed by atoms with Crippen molar-refractivity contribution in [3.63, 3.8) is 0 Å². The Morgan fingerprint density at radius 2 is 1.97 bits per heavy atom. The van der Waals surface area contributed by atoms with Gasteiger partial charge in [-0.05, 0) is 29.8 Å². The minimum atomic E-state index is -0.271. The Bertz CT molecular complexity index is 996. The van der Waals surface area contributed by atoms with Crippen molar-refractivity contribution < 1.29 is 23.1 Å². The third-order valence-corrected chi connectivity index (χ3v) is 5.45. The van der Waals surface area contributed by atoms with Crippen LogP contribution in [0.4, 0.5) is 4.39 Å². The monoisotopic (exact) mass is 412 g/mol. The Balaban J connectivity index is 1.44. The van der Waals surface area contributed by atoms with Gasteiger partial charge >= 0.3 is 0 Å². The topological polar surface area (TPSA) is 63.9 Å². The van der Waals surface area contributed by atoms with Crippen LogP contribution in [0.1, 0.15) is 17.2 Å². The highest BCUT2D eigenvalue weighted by Crippen LogP contribution is 2.26. The number of ether oxygens (including phenoxy) is 2. The van der Waals surface area contributed by atoms with Gasteiger partial charge in [-0.25, -0.2) is 4.39 Å². The second kappa shape index (κ2) is 9.28. The number of morpholine rings is 1. The molecule has 1 fully saturated rings. The number of nitrogens with zero attached hydrogens (tertiary/aromatic N) is 1. The van der Waals surface area contributed by atoms with E-state index >= 15 is 0 Å². The molecule has 1 amide bonds. The summed E-state index contributed by atoms with van der Waals surface area (Å²) in [5.74, 6) is 0.348. The van der Waals surface area contributed by atoms with Gasteiger partial charge in [-0.1, -0.05) is 12.1 Å². The van der Waals surface area contributed by atoms with E-state index in [0.717, 1.165) is 29.6 Å². The number of hydrogen-bond donors (Lipinski definition) is 1. The molecule has 1 aliphatic rings. The number of fused-ring (bicyclic) bond motifs is 1. The first kappa shape index (κ1) is 20.4. The van der Waals surface area contributed by atoms with E-state index in [-0.39, 0.29) is 24.2 Å². The average Bonchev–Trinajstić information content (AvgIpc) is 3.17. The van der Waals surface area contributed by atoms with Crippen molar-refractivity contribution >= 4 is 16.9 Å². The Morgan fingerprint density at radius 1 is 1.20 bits per heavy atom. The van der Waals surface area contributed by atoms with Gasteiger partial charge in [0.25, 0.3) is 0 Å². The van der Waals surface area contributed by atoms with Crippen LogP contribution >= 0.6 is 0 Å². The highest BCUT2D eigenvalue weighted by molar-refractivity contribution is 5.88. The molecular weight excluding hydrogens is 387 g/mol. The van der Waals surface area contributed by atoms with Crippen LogP contribution in [-0.4, -0.2) is 50.8 Å². The van der Waals surface area contributed by atoms with Crippen molar-refractivity contribution in [1.82, 2.24) is 10.2 Å². The second-order valence-electron chi connectivity index (χ2n) is 7.32. The van der Waals surface area contributed by atoms with Gasteiger partial charge in [-0.3, -0.25) is 9.69 Å². The summed E-state index contributed by atoms with van der Waals surface area (Å²) in [6.07, 6.45) is 1.84. The second-order valence-corrected chi connectivity index (χ2v) is 7.32. The Kier molecular flexibility index (Phi) is 6.30. The number of carbonyl (C=O) groups excluding carboxylic acids is 1.